The van der Waals surface area contributed by atoms with Gasteiger partial charge in [0, 0.05) is 39.0 Å². The Kier molecular flexibility index (Phi) is 7.87. The number of phenols is 1. The van der Waals surface area contributed by atoms with Gasteiger partial charge in [-0.25, -0.2) is 0 Å². The van der Waals surface area contributed by atoms with Crippen LogP contribution in [0.3, 0.4) is 0 Å². The number of aromatic hydroxyl groups is 1. The van der Waals surface area contributed by atoms with Gasteiger partial charge in [0.2, 0.25) is 11.7 Å². The summed E-state index contributed by atoms with van der Waals surface area (Å²) in [6.45, 7) is 5.00. The lowest BCUT2D eigenvalue weighted by Crippen LogP contribution is -2.30. The lowest BCUT2D eigenvalue weighted by atomic mass is 10.1. The number of benzene rings is 2. The minimum Gasteiger partial charge on any atom is -0.502 e. The van der Waals surface area contributed by atoms with Gasteiger partial charge in [-0.2, -0.15) is 0 Å². The molecule has 0 saturated heterocycles. The molecule has 0 aliphatic carbocycles. The standard InChI is InChI=1S/C26H33N5O4/c1-18(27-24(32)10-9-19-7-5-4-6-8-19)26-29-28-23-11-12-30(13-14-31(23)26)17-20-15-21(34-2)25(33)22(16-20)35-3/h4-8,15-16,18,33H,9-14,17H2,1-3H3,(H,27,32). The number of ether oxygens (including phenoxy) is 2. The number of fused-ring (bicyclic) bond motifs is 1. The van der Waals surface area contributed by atoms with Crippen molar-refractivity contribution in [2.24, 2.45) is 0 Å². The number of methoxy groups -OCH3 is 2. The van der Waals surface area contributed by atoms with Crippen molar-refractivity contribution in [2.45, 2.75) is 45.3 Å². The van der Waals surface area contributed by atoms with Crippen molar-refractivity contribution in [3.8, 4) is 17.2 Å². The lowest BCUT2D eigenvalue weighted by molar-refractivity contribution is -0.121. The van der Waals surface area contributed by atoms with Crippen LogP contribution < -0.4 is 14.8 Å². The minimum atomic E-state index is -0.225. The molecule has 1 aliphatic rings. The molecule has 1 atom stereocenters. The van der Waals surface area contributed by atoms with E-state index in [-0.39, 0.29) is 17.7 Å². The summed E-state index contributed by atoms with van der Waals surface area (Å²) in [4.78, 5) is 14.9. The maximum absolute atomic E-state index is 12.5. The average Bonchev–Trinajstić information content (AvgIpc) is 3.18. The third kappa shape index (κ3) is 5.92. The average molecular weight is 480 g/mol. The van der Waals surface area contributed by atoms with Gasteiger partial charge in [-0.05, 0) is 36.6 Å². The smallest absolute Gasteiger partial charge is 0.220 e. The first-order chi connectivity index (χ1) is 17.0. The van der Waals surface area contributed by atoms with Crippen LogP contribution in [0.4, 0.5) is 0 Å². The summed E-state index contributed by atoms with van der Waals surface area (Å²) in [6, 6.07) is 13.5. The molecule has 35 heavy (non-hydrogen) atoms. The highest BCUT2D eigenvalue weighted by atomic mass is 16.5. The summed E-state index contributed by atoms with van der Waals surface area (Å²) in [5.41, 5.74) is 2.14. The lowest BCUT2D eigenvalue weighted by Gasteiger charge is -2.21. The first-order valence-corrected chi connectivity index (χ1v) is 11.9. The molecule has 186 valence electrons. The maximum atomic E-state index is 12.5. The van der Waals surface area contributed by atoms with E-state index >= 15 is 0 Å². The predicted molar refractivity (Wildman–Crippen MR) is 132 cm³/mol. The van der Waals surface area contributed by atoms with Gasteiger partial charge in [0.15, 0.2) is 17.3 Å². The Morgan fingerprint density at radius 3 is 2.46 bits per heavy atom. The molecular formula is C26H33N5O4. The summed E-state index contributed by atoms with van der Waals surface area (Å²) >= 11 is 0. The molecule has 2 heterocycles. The maximum Gasteiger partial charge on any atom is 0.220 e. The summed E-state index contributed by atoms with van der Waals surface area (Å²) in [7, 11) is 3.05. The number of aromatic nitrogens is 3. The van der Waals surface area contributed by atoms with E-state index < -0.39 is 0 Å². The molecule has 9 nitrogen and oxygen atoms in total. The third-order valence-electron chi connectivity index (χ3n) is 6.34. The number of hydrogen-bond acceptors (Lipinski definition) is 7. The molecule has 1 aliphatic heterocycles. The Balaban J connectivity index is 1.36. The fraction of sp³-hybridized carbons (Fsp3) is 0.423. The highest BCUT2D eigenvalue weighted by Gasteiger charge is 2.23. The molecule has 0 fully saturated rings. The number of carbonyl (C=O) groups excluding carboxylic acids is 1. The van der Waals surface area contributed by atoms with Crippen LogP contribution in [0, 0.1) is 0 Å². The van der Waals surface area contributed by atoms with Crippen LogP contribution in [0.25, 0.3) is 0 Å². The second-order valence-corrected chi connectivity index (χ2v) is 8.78. The van der Waals surface area contributed by atoms with E-state index in [2.05, 4.69) is 25.0 Å². The molecular weight excluding hydrogens is 446 g/mol. The van der Waals surface area contributed by atoms with E-state index in [1.165, 1.54) is 14.2 Å². The van der Waals surface area contributed by atoms with Gasteiger partial charge in [0.05, 0.1) is 20.3 Å². The van der Waals surface area contributed by atoms with Gasteiger partial charge >= 0.3 is 0 Å². The molecule has 2 aromatic carbocycles. The molecule has 0 saturated carbocycles. The zero-order valence-electron chi connectivity index (χ0n) is 20.5. The minimum absolute atomic E-state index is 0.00387. The number of carbonyl (C=O) groups is 1. The topological polar surface area (TPSA) is 102 Å². The summed E-state index contributed by atoms with van der Waals surface area (Å²) in [5.74, 6) is 2.50. The molecule has 0 bridgehead atoms. The first kappa shape index (κ1) is 24.5. The van der Waals surface area contributed by atoms with Crippen molar-refractivity contribution < 1.29 is 19.4 Å². The van der Waals surface area contributed by atoms with E-state index in [0.29, 0.717) is 30.9 Å². The Morgan fingerprint density at radius 1 is 1.06 bits per heavy atom. The van der Waals surface area contributed by atoms with Crippen LogP contribution in [-0.2, 0) is 30.7 Å². The largest absolute Gasteiger partial charge is 0.502 e. The van der Waals surface area contributed by atoms with E-state index in [4.69, 9.17) is 9.47 Å². The first-order valence-electron chi connectivity index (χ1n) is 11.9. The number of nitrogens with one attached hydrogen (secondary N) is 1. The number of nitrogens with zero attached hydrogens (tertiary/aromatic N) is 4. The van der Waals surface area contributed by atoms with Crippen molar-refractivity contribution in [2.75, 3.05) is 27.3 Å². The van der Waals surface area contributed by atoms with Crippen LogP contribution in [0.5, 0.6) is 17.2 Å². The van der Waals surface area contributed by atoms with E-state index in [1.807, 2.05) is 49.4 Å². The summed E-state index contributed by atoms with van der Waals surface area (Å²) < 4.78 is 12.7. The van der Waals surface area contributed by atoms with Crippen molar-refractivity contribution in [1.29, 1.82) is 0 Å². The van der Waals surface area contributed by atoms with Gasteiger partial charge in [-0.15, -0.1) is 10.2 Å². The van der Waals surface area contributed by atoms with Crippen LogP contribution in [0.1, 0.15) is 42.2 Å². The fourth-order valence-corrected chi connectivity index (χ4v) is 4.45. The zero-order valence-corrected chi connectivity index (χ0v) is 20.5. The van der Waals surface area contributed by atoms with Crippen LogP contribution >= 0.6 is 0 Å². The van der Waals surface area contributed by atoms with Crippen LogP contribution in [0.2, 0.25) is 0 Å². The van der Waals surface area contributed by atoms with E-state index in [1.54, 1.807) is 0 Å². The summed E-state index contributed by atoms with van der Waals surface area (Å²) in [6.07, 6.45) is 1.90. The van der Waals surface area contributed by atoms with Gasteiger partial charge in [0.25, 0.3) is 0 Å². The molecule has 1 unspecified atom stereocenters. The van der Waals surface area contributed by atoms with Gasteiger partial charge in [-0.3, -0.25) is 9.69 Å². The Morgan fingerprint density at radius 2 is 1.77 bits per heavy atom. The number of hydrogen-bond donors (Lipinski definition) is 2. The fourth-order valence-electron chi connectivity index (χ4n) is 4.45. The highest BCUT2D eigenvalue weighted by molar-refractivity contribution is 5.76. The molecule has 0 radical (unpaired) electrons. The molecule has 3 aromatic rings. The molecule has 1 amide bonds. The second-order valence-electron chi connectivity index (χ2n) is 8.78. The van der Waals surface area contributed by atoms with Crippen molar-refractivity contribution in [1.82, 2.24) is 25.0 Å². The normalized spacial score (nSPS) is 14.6. The van der Waals surface area contributed by atoms with Gasteiger partial charge in [-0.1, -0.05) is 30.3 Å². The number of phenolic OH excluding ortho intramolecular Hbond substituents is 1. The quantitative estimate of drug-likeness (QED) is 0.487. The van der Waals surface area contributed by atoms with Crippen molar-refractivity contribution in [3.63, 3.8) is 0 Å². The predicted octanol–water partition coefficient (Wildman–Crippen LogP) is 2.87. The SMILES string of the molecule is COc1cc(CN2CCc3nnc(C(C)NC(=O)CCc4ccccc4)n3CC2)cc(OC)c1O. The zero-order chi connectivity index (χ0) is 24.8. The third-order valence-corrected chi connectivity index (χ3v) is 6.34. The summed E-state index contributed by atoms with van der Waals surface area (Å²) in [5, 5.41) is 22.1. The number of amides is 1. The Labute approximate surface area is 205 Å². The molecule has 4 rings (SSSR count). The van der Waals surface area contributed by atoms with Crippen LogP contribution in [-0.4, -0.2) is 58.0 Å². The molecule has 0 spiro atoms. The van der Waals surface area contributed by atoms with E-state index in [9.17, 15) is 9.90 Å². The molecule has 1 aromatic heterocycles. The highest BCUT2D eigenvalue weighted by Crippen LogP contribution is 2.37. The van der Waals surface area contributed by atoms with E-state index in [0.717, 1.165) is 48.8 Å². The number of rotatable bonds is 9. The van der Waals surface area contributed by atoms with Crippen molar-refractivity contribution >= 4 is 5.91 Å². The number of aryl methyl sites for hydroxylation is 1. The van der Waals surface area contributed by atoms with Gasteiger partial charge in [0.1, 0.15) is 5.82 Å². The molecule has 2 N–H and O–H groups in total. The van der Waals surface area contributed by atoms with Gasteiger partial charge < -0.3 is 24.5 Å². The monoisotopic (exact) mass is 479 g/mol. The Bertz CT molecular complexity index is 1120. The van der Waals surface area contributed by atoms with Crippen LogP contribution in [0.15, 0.2) is 42.5 Å². The molecule has 9 heteroatoms. The van der Waals surface area contributed by atoms with Crippen molar-refractivity contribution in [3.05, 3.63) is 65.2 Å². The Hall–Kier alpha value is -3.59. The second kappa shape index (κ2) is 11.2.